The highest BCUT2D eigenvalue weighted by molar-refractivity contribution is 5.31. The first-order valence-electron chi connectivity index (χ1n) is 6.92. The van der Waals surface area contributed by atoms with E-state index in [-0.39, 0.29) is 5.82 Å². The smallest absolute Gasteiger partial charge is 0.170 e. The zero-order chi connectivity index (χ0) is 14.4. The number of rotatable bonds is 7. The van der Waals surface area contributed by atoms with Gasteiger partial charge in [-0.15, -0.1) is 0 Å². The van der Waals surface area contributed by atoms with Gasteiger partial charge in [0.1, 0.15) is 0 Å². The van der Waals surface area contributed by atoms with Crippen molar-refractivity contribution in [3.63, 3.8) is 0 Å². The maximum absolute atomic E-state index is 14.1. The van der Waals surface area contributed by atoms with Crippen molar-refractivity contribution in [2.75, 3.05) is 13.7 Å². The molecule has 1 aromatic heterocycles. The van der Waals surface area contributed by atoms with Gasteiger partial charge in [-0.2, -0.15) is 0 Å². The van der Waals surface area contributed by atoms with Crippen molar-refractivity contribution >= 4 is 0 Å². The number of ether oxygens (including phenoxy) is 1. The summed E-state index contributed by atoms with van der Waals surface area (Å²) in [4.78, 5) is 0. The molecule has 0 radical (unpaired) electrons. The largest absolute Gasteiger partial charge is 0.494 e. The molecule has 0 aliphatic rings. The Morgan fingerprint density at radius 3 is 2.85 bits per heavy atom. The molecule has 1 aromatic carbocycles. The third-order valence-corrected chi connectivity index (χ3v) is 3.26. The number of hydrogen-bond donors (Lipinski definition) is 1. The summed E-state index contributed by atoms with van der Waals surface area (Å²) in [7, 11) is 1.48. The van der Waals surface area contributed by atoms with E-state index in [1.807, 2.05) is 18.3 Å². The molecule has 0 aliphatic heterocycles. The lowest BCUT2D eigenvalue weighted by atomic mass is 10.2. The van der Waals surface area contributed by atoms with Crippen LogP contribution in [0.25, 0.3) is 0 Å². The Labute approximate surface area is 119 Å². The Morgan fingerprint density at radius 1 is 1.25 bits per heavy atom. The third-order valence-electron chi connectivity index (χ3n) is 3.26. The number of aromatic nitrogens is 1. The summed E-state index contributed by atoms with van der Waals surface area (Å²) in [5.74, 6) is 0.0106. The Hall–Kier alpha value is -1.81. The first kappa shape index (κ1) is 14.6. The molecular weight excluding hydrogens is 255 g/mol. The second-order valence-corrected chi connectivity index (χ2v) is 4.74. The summed E-state index contributed by atoms with van der Waals surface area (Å²) < 4.78 is 21.2. The lowest BCUT2D eigenvalue weighted by Gasteiger charge is -2.12. The predicted molar refractivity (Wildman–Crippen MR) is 78.5 cm³/mol. The van der Waals surface area contributed by atoms with Gasteiger partial charge in [-0.05, 0) is 31.2 Å². The highest BCUT2D eigenvalue weighted by Gasteiger charge is 2.10. The molecule has 1 N–H and O–H groups in total. The van der Waals surface area contributed by atoms with Gasteiger partial charge < -0.3 is 14.6 Å². The summed E-state index contributed by atoms with van der Waals surface area (Å²) in [6.45, 7) is 4.43. The molecule has 20 heavy (non-hydrogen) atoms. The van der Waals surface area contributed by atoms with Crippen molar-refractivity contribution in [3.05, 3.63) is 53.6 Å². The zero-order valence-corrected chi connectivity index (χ0v) is 12.0. The quantitative estimate of drug-likeness (QED) is 0.786. The van der Waals surface area contributed by atoms with Crippen LogP contribution in [-0.4, -0.2) is 18.2 Å². The number of methoxy groups -OCH3 is 1. The average molecular weight is 276 g/mol. The lowest BCUT2D eigenvalue weighted by molar-refractivity contribution is 0.383. The monoisotopic (exact) mass is 276 g/mol. The van der Waals surface area contributed by atoms with Gasteiger partial charge in [-0.3, -0.25) is 0 Å². The maximum atomic E-state index is 14.1. The van der Waals surface area contributed by atoms with E-state index >= 15 is 0 Å². The van der Waals surface area contributed by atoms with Crippen molar-refractivity contribution in [1.82, 2.24) is 9.88 Å². The van der Waals surface area contributed by atoms with Crippen LogP contribution in [0.2, 0.25) is 0 Å². The summed E-state index contributed by atoms with van der Waals surface area (Å²) in [6.07, 6.45) is 3.08. The van der Waals surface area contributed by atoms with Crippen molar-refractivity contribution in [2.45, 2.75) is 26.4 Å². The van der Waals surface area contributed by atoms with Crippen molar-refractivity contribution in [2.24, 2.45) is 0 Å². The Kier molecular flexibility index (Phi) is 5.18. The third kappa shape index (κ3) is 3.39. The molecule has 0 bridgehead atoms. The zero-order valence-electron chi connectivity index (χ0n) is 12.0. The molecule has 0 aliphatic carbocycles. The van der Waals surface area contributed by atoms with E-state index in [2.05, 4.69) is 22.9 Å². The topological polar surface area (TPSA) is 26.2 Å². The SMILES string of the molecule is CCCNCc1cccn1Cc1cccc(OC)c1F. The van der Waals surface area contributed by atoms with Crippen LogP contribution < -0.4 is 10.1 Å². The summed E-state index contributed by atoms with van der Waals surface area (Å²) in [5.41, 5.74) is 1.79. The van der Waals surface area contributed by atoms with Crippen LogP contribution in [0.4, 0.5) is 4.39 Å². The van der Waals surface area contributed by atoms with E-state index in [9.17, 15) is 4.39 Å². The highest BCUT2D eigenvalue weighted by atomic mass is 19.1. The fourth-order valence-electron chi connectivity index (χ4n) is 2.18. The lowest BCUT2D eigenvalue weighted by Crippen LogP contribution is -2.17. The van der Waals surface area contributed by atoms with E-state index in [0.29, 0.717) is 17.9 Å². The number of benzene rings is 1. The standard InChI is InChI=1S/C16H21FN2O/c1-3-9-18-11-14-7-5-10-19(14)12-13-6-4-8-15(20-2)16(13)17/h4-8,10,18H,3,9,11-12H2,1-2H3. The molecule has 2 aromatic rings. The van der Waals surface area contributed by atoms with E-state index in [1.165, 1.54) is 7.11 Å². The van der Waals surface area contributed by atoms with Gasteiger partial charge in [-0.25, -0.2) is 4.39 Å². The van der Waals surface area contributed by atoms with E-state index < -0.39 is 0 Å². The van der Waals surface area contributed by atoms with E-state index in [0.717, 1.165) is 25.2 Å². The van der Waals surface area contributed by atoms with Gasteiger partial charge in [0, 0.05) is 24.0 Å². The second-order valence-electron chi connectivity index (χ2n) is 4.74. The normalized spacial score (nSPS) is 10.8. The summed E-state index contributed by atoms with van der Waals surface area (Å²) in [6, 6.07) is 9.29. The van der Waals surface area contributed by atoms with Crippen LogP contribution in [-0.2, 0) is 13.1 Å². The summed E-state index contributed by atoms with van der Waals surface area (Å²) >= 11 is 0. The first-order chi connectivity index (χ1) is 9.76. The van der Waals surface area contributed by atoms with E-state index in [4.69, 9.17) is 4.74 Å². The van der Waals surface area contributed by atoms with Gasteiger partial charge in [0.25, 0.3) is 0 Å². The van der Waals surface area contributed by atoms with E-state index in [1.54, 1.807) is 12.1 Å². The van der Waals surface area contributed by atoms with Crippen LogP contribution in [0.5, 0.6) is 5.75 Å². The van der Waals surface area contributed by atoms with Gasteiger partial charge in [-0.1, -0.05) is 19.1 Å². The second kappa shape index (κ2) is 7.10. The first-order valence-corrected chi connectivity index (χ1v) is 6.92. The highest BCUT2D eigenvalue weighted by Crippen LogP contribution is 2.21. The van der Waals surface area contributed by atoms with Crippen molar-refractivity contribution in [3.8, 4) is 5.75 Å². The number of nitrogens with zero attached hydrogens (tertiary/aromatic N) is 1. The molecule has 0 fully saturated rings. The number of hydrogen-bond acceptors (Lipinski definition) is 2. The van der Waals surface area contributed by atoms with Crippen LogP contribution in [0.3, 0.4) is 0 Å². The molecule has 0 spiro atoms. The molecule has 0 saturated carbocycles. The molecule has 4 heteroatoms. The predicted octanol–water partition coefficient (Wildman–Crippen LogP) is 3.18. The molecule has 108 valence electrons. The molecule has 1 heterocycles. The summed E-state index contributed by atoms with van der Waals surface area (Å²) in [5, 5.41) is 3.36. The van der Waals surface area contributed by atoms with Crippen LogP contribution >= 0.6 is 0 Å². The van der Waals surface area contributed by atoms with Crippen molar-refractivity contribution in [1.29, 1.82) is 0 Å². The Morgan fingerprint density at radius 2 is 2.10 bits per heavy atom. The molecule has 0 saturated heterocycles. The molecule has 2 rings (SSSR count). The fraction of sp³-hybridized carbons (Fsp3) is 0.375. The molecule has 3 nitrogen and oxygen atoms in total. The van der Waals surface area contributed by atoms with Gasteiger partial charge in [0.15, 0.2) is 11.6 Å². The number of halogens is 1. The Bertz CT molecular complexity index is 551. The Balaban J connectivity index is 2.12. The minimum absolute atomic E-state index is 0.281. The van der Waals surface area contributed by atoms with Crippen LogP contribution in [0.1, 0.15) is 24.6 Å². The minimum Gasteiger partial charge on any atom is -0.494 e. The van der Waals surface area contributed by atoms with Gasteiger partial charge in [0.05, 0.1) is 13.7 Å². The van der Waals surface area contributed by atoms with Crippen molar-refractivity contribution < 1.29 is 9.13 Å². The van der Waals surface area contributed by atoms with Crippen LogP contribution in [0, 0.1) is 5.82 Å². The number of nitrogens with one attached hydrogen (secondary N) is 1. The van der Waals surface area contributed by atoms with Crippen LogP contribution in [0.15, 0.2) is 36.5 Å². The van der Waals surface area contributed by atoms with Gasteiger partial charge >= 0.3 is 0 Å². The molecule has 0 unspecified atom stereocenters. The molecular formula is C16H21FN2O. The molecule has 0 amide bonds. The fourth-order valence-corrected chi connectivity index (χ4v) is 2.18. The maximum Gasteiger partial charge on any atom is 0.170 e. The average Bonchev–Trinajstić information content (AvgIpc) is 2.89. The molecule has 0 atom stereocenters. The van der Waals surface area contributed by atoms with Gasteiger partial charge in [0.2, 0.25) is 0 Å². The minimum atomic E-state index is -0.281.